The Morgan fingerprint density at radius 1 is 1.43 bits per heavy atom. The number of carbonyl (C=O) groups is 2. The monoisotopic (exact) mass is 307 g/mol. The molecule has 0 saturated heterocycles. The van der Waals surface area contributed by atoms with Gasteiger partial charge in [-0.2, -0.15) is 5.10 Å². The lowest BCUT2D eigenvalue weighted by atomic mass is 10.2. The van der Waals surface area contributed by atoms with Crippen molar-refractivity contribution in [1.29, 1.82) is 0 Å². The van der Waals surface area contributed by atoms with Gasteiger partial charge < -0.3 is 10.1 Å². The molecule has 0 aromatic carbocycles. The number of hydrogen-bond donors (Lipinski definition) is 1. The van der Waals surface area contributed by atoms with Crippen molar-refractivity contribution in [2.45, 2.75) is 26.8 Å². The quantitative estimate of drug-likeness (QED) is 0.831. The van der Waals surface area contributed by atoms with Gasteiger partial charge in [-0.25, -0.2) is 4.79 Å². The fraction of sp³-hybridized carbons (Fsp3) is 0.357. The first-order valence-electron chi connectivity index (χ1n) is 6.71. The van der Waals surface area contributed by atoms with Gasteiger partial charge in [0.15, 0.2) is 0 Å². The fourth-order valence-corrected chi connectivity index (χ4v) is 2.78. The Morgan fingerprint density at radius 2 is 2.24 bits per heavy atom. The first-order chi connectivity index (χ1) is 10.1. The zero-order valence-corrected chi connectivity index (χ0v) is 12.8. The van der Waals surface area contributed by atoms with Crippen molar-refractivity contribution in [3.8, 4) is 0 Å². The minimum absolute atomic E-state index is 0.106. The molecule has 0 aliphatic heterocycles. The lowest BCUT2D eigenvalue weighted by Gasteiger charge is -2.06. The van der Waals surface area contributed by atoms with Crippen molar-refractivity contribution in [1.82, 2.24) is 9.78 Å². The number of nitrogens with zero attached hydrogens (tertiary/aromatic N) is 2. The molecule has 0 radical (unpaired) electrons. The molecule has 0 atom stereocenters. The van der Waals surface area contributed by atoms with Crippen molar-refractivity contribution >= 4 is 28.2 Å². The highest BCUT2D eigenvalue weighted by molar-refractivity contribution is 7.16. The van der Waals surface area contributed by atoms with E-state index in [-0.39, 0.29) is 12.5 Å². The second kappa shape index (κ2) is 7.03. The lowest BCUT2D eigenvalue weighted by Crippen LogP contribution is -2.19. The van der Waals surface area contributed by atoms with Crippen LogP contribution in [0.3, 0.4) is 0 Å². The van der Waals surface area contributed by atoms with Crippen LogP contribution in [0.1, 0.15) is 29.1 Å². The maximum absolute atomic E-state index is 12.0. The van der Waals surface area contributed by atoms with Crippen molar-refractivity contribution in [2.75, 3.05) is 11.9 Å². The summed E-state index contributed by atoms with van der Waals surface area (Å²) in [6, 6.07) is 3.52. The molecule has 0 fully saturated rings. The Bertz CT molecular complexity index is 619. The van der Waals surface area contributed by atoms with Crippen LogP contribution in [0.4, 0.5) is 5.00 Å². The molecule has 7 heteroatoms. The van der Waals surface area contributed by atoms with Gasteiger partial charge in [0.1, 0.15) is 11.5 Å². The molecule has 0 saturated carbocycles. The maximum atomic E-state index is 12.0. The van der Waals surface area contributed by atoms with Gasteiger partial charge in [-0.15, -0.1) is 11.3 Å². The molecular formula is C14H17N3O3S. The average molecular weight is 307 g/mol. The molecule has 0 aliphatic carbocycles. The van der Waals surface area contributed by atoms with Gasteiger partial charge in [0.2, 0.25) is 5.91 Å². The zero-order chi connectivity index (χ0) is 15.2. The number of nitrogens with one attached hydrogen (secondary N) is 1. The molecular weight excluding hydrogens is 290 g/mol. The van der Waals surface area contributed by atoms with E-state index in [0.717, 1.165) is 11.3 Å². The number of amides is 1. The number of anilines is 1. The van der Waals surface area contributed by atoms with Crippen LogP contribution in [0.2, 0.25) is 0 Å². The van der Waals surface area contributed by atoms with Gasteiger partial charge in [0.25, 0.3) is 0 Å². The fourth-order valence-electron chi connectivity index (χ4n) is 1.78. The third-order valence-corrected chi connectivity index (χ3v) is 3.94. The van der Waals surface area contributed by atoms with Crippen LogP contribution in [-0.4, -0.2) is 28.3 Å². The number of hydrogen-bond acceptors (Lipinski definition) is 5. The minimum Gasteiger partial charge on any atom is -0.462 e. The summed E-state index contributed by atoms with van der Waals surface area (Å²) in [5, 5.41) is 7.26. The third kappa shape index (κ3) is 3.91. The largest absolute Gasteiger partial charge is 0.462 e. The van der Waals surface area contributed by atoms with Crippen molar-refractivity contribution in [2.24, 2.45) is 0 Å². The summed E-state index contributed by atoms with van der Waals surface area (Å²) in [7, 11) is 0. The van der Waals surface area contributed by atoms with Crippen LogP contribution in [0, 0.1) is 0 Å². The summed E-state index contributed by atoms with van der Waals surface area (Å²) in [5.74, 6) is -0.642. The normalized spacial score (nSPS) is 10.4. The third-order valence-electron chi connectivity index (χ3n) is 2.74. The summed E-state index contributed by atoms with van der Waals surface area (Å²) in [6.07, 6.45) is 4.11. The number of aromatic nitrogens is 2. The number of ether oxygens (including phenoxy) is 1. The predicted octanol–water partition coefficient (Wildman–Crippen LogP) is 2.32. The average Bonchev–Trinajstić information content (AvgIpc) is 3.08. The highest BCUT2D eigenvalue weighted by Gasteiger charge is 2.18. The van der Waals surface area contributed by atoms with E-state index in [1.165, 1.54) is 16.0 Å². The molecule has 2 aromatic heterocycles. The Morgan fingerprint density at radius 3 is 2.86 bits per heavy atom. The first kappa shape index (κ1) is 15.2. The molecule has 21 heavy (non-hydrogen) atoms. The van der Waals surface area contributed by atoms with Crippen molar-refractivity contribution < 1.29 is 14.3 Å². The highest BCUT2D eigenvalue weighted by atomic mass is 32.1. The summed E-state index contributed by atoms with van der Waals surface area (Å²) in [5.41, 5.74) is 0.410. The molecule has 0 aliphatic rings. The molecule has 0 bridgehead atoms. The van der Waals surface area contributed by atoms with Crippen molar-refractivity contribution in [3.63, 3.8) is 0 Å². The van der Waals surface area contributed by atoms with E-state index >= 15 is 0 Å². The molecule has 1 amide bonds. The van der Waals surface area contributed by atoms with Crippen molar-refractivity contribution in [3.05, 3.63) is 35.0 Å². The SMILES string of the molecule is CCOC(=O)c1cc(CC)sc1NC(=O)Cn1cccn1. The topological polar surface area (TPSA) is 73.2 Å². The van der Waals surface area contributed by atoms with Gasteiger partial charge in [-0.05, 0) is 25.5 Å². The van der Waals surface area contributed by atoms with E-state index in [1.54, 1.807) is 31.5 Å². The van der Waals surface area contributed by atoms with Gasteiger partial charge >= 0.3 is 5.97 Å². The number of rotatable bonds is 6. The summed E-state index contributed by atoms with van der Waals surface area (Å²) in [4.78, 5) is 24.9. The van der Waals surface area contributed by atoms with Crippen LogP contribution >= 0.6 is 11.3 Å². The Labute approximate surface area is 126 Å². The summed E-state index contributed by atoms with van der Waals surface area (Å²) < 4.78 is 6.53. The number of esters is 1. The van der Waals surface area contributed by atoms with E-state index < -0.39 is 5.97 Å². The molecule has 0 unspecified atom stereocenters. The van der Waals surface area contributed by atoms with Gasteiger partial charge in [-0.3, -0.25) is 9.48 Å². The predicted molar refractivity (Wildman–Crippen MR) is 80.5 cm³/mol. The van der Waals surface area contributed by atoms with E-state index in [2.05, 4.69) is 10.4 Å². The van der Waals surface area contributed by atoms with E-state index in [4.69, 9.17) is 4.74 Å². The van der Waals surface area contributed by atoms with Gasteiger partial charge in [-0.1, -0.05) is 6.92 Å². The molecule has 2 rings (SSSR count). The van der Waals surface area contributed by atoms with Crippen LogP contribution < -0.4 is 5.32 Å². The van der Waals surface area contributed by atoms with Gasteiger partial charge in [0.05, 0.1) is 12.2 Å². The molecule has 6 nitrogen and oxygen atoms in total. The highest BCUT2D eigenvalue weighted by Crippen LogP contribution is 2.29. The molecule has 0 spiro atoms. The smallest absolute Gasteiger partial charge is 0.341 e. The summed E-state index contributed by atoms with van der Waals surface area (Å²) >= 11 is 1.39. The zero-order valence-electron chi connectivity index (χ0n) is 12.0. The minimum atomic E-state index is -0.414. The number of carbonyl (C=O) groups excluding carboxylic acids is 2. The van der Waals surface area contributed by atoms with Gasteiger partial charge in [0, 0.05) is 17.3 Å². The molecule has 1 N–H and O–H groups in total. The summed E-state index contributed by atoms with van der Waals surface area (Å²) in [6.45, 7) is 4.16. The second-order valence-electron chi connectivity index (χ2n) is 4.28. The molecule has 112 valence electrons. The van der Waals surface area contributed by atoms with E-state index in [0.29, 0.717) is 17.2 Å². The Hall–Kier alpha value is -2.15. The Kier molecular flexibility index (Phi) is 5.10. The van der Waals surface area contributed by atoms with Crippen LogP contribution in [0.5, 0.6) is 0 Å². The first-order valence-corrected chi connectivity index (χ1v) is 7.52. The van der Waals surface area contributed by atoms with Crippen LogP contribution in [0.15, 0.2) is 24.5 Å². The maximum Gasteiger partial charge on any atom is 0.341 e. The van der Waals surface area contributed by atoms with Crippen LogP contribution in [-0.2, 0) is 22.5 Å². The lowest BCUT2D eigenvalue weighted by molar-refractivity contribution is -0.116. The Balaban J connectivity index is 2.12. The second-order valence-corrected chi connectivity index (χ2v) is 5.42. The molecule has 2 aromatic rings. The standard InChI is InChI=1S/C14H17N3O3S/c1-3-10-8-11(14(19)20-4-2)13(21-10)16-12(18)9-17-7-5-6-15-17/h5-8H,3-4,9H2,1-2H3,(H,16,18). The van der Waals surface area contributed by atoms with E-state index in [9.17, 15) is 9.59 Å². The van der Waals surface area contributed by atoms with E-state index in [1.807, 2.05) is 6.92 Å². The molecule has 2 heterocycles. The van der Waals surface area contributed by atoms with Crippen LogP contribution in [0.25, 0.3) is 0 Å². The number of aryl methyl sites for hydroxylation is 1. The number of thiophene rings is 1.